The number of carbonyl (C=O) groups is 3. The minimum atomic E-state index is -0.852. The van der Waals surface area contributed by atoms with Crippen LogP contribution >= 0.6 is 0 Å². The third-order valence-electron chi connectivity index (χ3n) is 6.01. The molecule has 4 rings (SSSR count). The van der Waals surface area contributed by atoms with Crippen LogP contribution in [0.25, 0.3) is 0 Å². The Morgan fingerprint density at radius 2 is 1.77 bits per heavy atom. The van der Waals surface area contributed by atoms with E-state index in [4.69, 9.17) is 4.74 Å². The van der Waals surface area contributed by atoms with Crippen LogP contribution in [-0.2, 0) is 9.53 Å². The molecule has 4 amide bonds. The minimum Gasteiger partial charge on any atom is -0.378 e. The second kappa shape index (κ2) is 8.17. The molecule has 3 aliphatic rings. The van der Waals surface area contributed by atoms with Crippen molar-refractivity contribution in [2.24, 2.45) is 5.92 Å². The van der Waals surface area contributed by atoms with E-state index in [1.165, 1.54) is 0 Å². The number of ether oxygens (including phenoxy) is 1. The number of anilines is 1. The number of imide groups is 1. The summed E-state index contributed by atoms with van der Waals surface area (Å²) in [6.07, 6.45) is 3.97. The molecule has 0 aromatic carbocycles. The van der Waals surface area contributed by atoms with Crippen molar-refractivity contribution < 1.29 is 19.1 Å². The van der Waals surface area contributed by atoms with Crippen molar-refractivity contribution in [1.82, 2.24) is 25.1 Å². The molecule has 0 radical (unpaired) electrons. The maximum Gasteiger partial charge on any atom is 0.325 e. The predicted molar refractivity (Wildman–Crippen MR) is 108 cm³/mol. The third-order valence-corrected chi connectivity index (χ3v) is 6.01. The van der Waals surface area contributed by atoms with Gasteiger partial charge in [-0.15, -0.1) is 0 Å². The van der Waals surface area contributed by atoms with E-state index in [2.05, 4.69) is 15.3 Å². The van der Waals surface area contributed by atoms with Gasteiger partial charge in [0.05, 0.1) is 18.8 Å². The zero-order valence-corrected chi connectivity index (χ0v) is 17.5. The summed E-state index contributed by atoms with van der Waals surface area (Å²) in [5.74, 6) is 0.440. The maximum absolute atomic E-state index is 12.9. The first-order chi connectivity index (χ1) is 14.4. The summed E-state index contributed by atoms with van der Waals surface area (Å²) in [6.45, 7) is 8.10. The molecule has 10 nitrogen and oxygen atoms in total. The van der Waals surface area contributed by atoms with Crippen LogP contribution in [0.2, 0.25) is 0 Å². The topological polar surface area (TPSA) is 108 Å². The number of hydrogen-bond donors (Lipinski definition) is 1. The summed E-state index contributed by atoms with van der Waals surface area (Å²) in [4.78, 5) is 51.9. The third kappa shape index (κ3) is 3.71. The molecule has 0 unspecified atom stereocenters. The van der Waals surface area contributed by atoms with E-state index in [1.54, 1.807) is 22.2 Å². The molecule has 10 heteroatoms. The normalized spacial score (nSPS) is 21.5. The van der Waals surface area contributed by atoms with Gasteiger partial charge in [-0.05, 0) is 18.8 Å². The second-order valence-electron chi connectivity index (χ2n) is 8.46. The van der Waals surface area contributed by atoms with Gasteiger partial charge in [-0.1, -0.05) is 13.8 Å². The largest absolute Gasteiger partial charge is 0.378 e. The van der Waals surface area contributed by atoms with Gasteiger partial charge in [-0.2, -0.15) is 0 Å². The summed E-state index contributed by atoms with van der Waals surface area (Å²) >= 11 is 0. The van der Waals surface area contributed by atoms with Crippen LogP contribution in [0.1, 0.15) is 37.0 Å². The molecule has 30 heavy (non-hydrogen) atoms. The average molecular weight is 416 g/mol. The average Bonchev–Trinajstić information content (AvgIpc) is 2.98. The number of hydrogen-bond acceptors (Lipinski definition) is 7. The van der Waals surface area contributed by atoms with Gasteiger partial charge in [0.2, 0.25) is 5.95 Å². The van der Waals surface area contributed by atoms with Crippen molar-refractivity contribution in [3.05, 3.63) is 18.0 Å². The van der Waals surface area contributed by atoms with Gasteiger partial charge in [0.25, 0.3) is 11.8 Å². The molecule has 3 aliphatic heterocycles. The molecule has 1 aromatic rings. The Bertz CT molecular complexity index is 813. The monoisotopic (exact) mass is 416 g/mol. The molecule has 0 aliphatic carbocycles. The highest BCUT2D eigenvalue weighted by Crippen LogP contribution is 2.34. The van der Waals surface area contributed by atoms with Crippen molar-refractivity contribution in [3.8, 4) is 0 Å². The van der Waals surface area contributed by atoms with Crippen molar-refractivity contribution >= 4 is 23.8 Å². The first-order valence-electron chi connectivity index (χ1n) is 10.5. The number of aromatic nitrogens is 2. The van der Waals surface area contributed by atoms with E-state index >= 15 is 0 Å². The lowest BCUT2D eigenvalue weighted by Crippen LogP contribution is -2.58. The van der Waals surface area contributed by atoms with Crippen LogP contribution in [-0.4, -0.2) is 89.1 Å². The molecule has 0 bridgehead atoms. The van der Waals surface area contributed by atoms with E-state index in [-0.39, 0.29) is 23.8 Å². The SMILES string of the molecule is CC(C)CN1C(=O)NC(=O)C12CCN(C(=O)c1cnc(N3CCOCC3)nc1)CC2. The fourth-order valence-electron chi connectivity index (χ4n) is 4.34. The number of morpholine rings is 1. The number of carbonyl (C=O) groups excluding carboxylic acids is 3. The standard InChI is InChI=1S/C20H28N6O4/c1-14(2)13-26-19(29)23-17(28)20(26)3-5-24(6-4-20)16(27)15-11-21-18(22-12-15)25-7-9-30-10-8-25/h11-12,14H,3-10,13H2,1-2H3,(H,23,28,29). The highest BCUT2D eigenvalue weighted by Gasteiger charge is 2.54. The maximum atomic E-state index is 12.9. The Morgan fingerprint density at radius 1 is 1.13 bits per heavy atom. The van der Waals surface area contributed by atoms with Crippen LogP contribution in [0.3, 0.4) is 0 Å². The summed E-state index contributed by atoms with van der Waals surface area (Å²) in [7, 11) is 0. The predicted octanol–water partition coefficient (Wildman–Crippen LogP) is 0.496. The first-order valence-corrected chi connectivity index (χ1v) is 10.5. The number of nitrogens with one attached hydrogen (secondary N) is 1. The molecular weight excluding hydrogens is 388 g/mol. The number of amides is 4. The van der Waals surface area contributed by atoms with Crippen LogP contribution in [0.5, 0.6) is 0 Å². The Balaban J connectivity index is 1.41. The Morgan fingerprint density at radius 3 is 2.37 bits per heavy atom. The highest BCUT2D eigenvalue weighted by molar-refractivity contribution is 6.07. The van der Waals surface area contributed by atoms with Crippen molar-refractivity contribution in [2.75, 3.05) is 50.8 Å². The Hall–Kier alpha value is -2.75. The summed E-state index contributed by atoms with van der Waals surface area (Å²) in [5, 5.41) is 2.46. The zero-order valence-electron chi connectivity index (χ0n) is 17.5. The van der Waals surface area contributed by atoms with E-state index < -0.39 is 5.54 Å². The van der Waals surface area contributed by atoms with Gasteiger partial charge in [-0.3, -0.25) is 14.9 Å². The first kappa shape index (κ1) is 20.5. The van der Waals surface area contributed by atoms with E-state index in [0.29, 0.717) is 57.2 Å². The molecule has 0 atom stereocenters. The lowest BCUT2D eigenvalue weighted by atomic mass is 9.85. The molecule has 1 spiro atoms. The van der Waals surface area contributed by atoms with Gasteiger partial charge in [0, 0.05) is 45.1 Å². The van der Waals surface area contributed by atoms with E-state index in [0.717, 1.165) is 13.1 Å². The fourth-order valence-corrected chi connectivity index (χ4v) is 4.34. The molecule has 3 saturated heterocycles. The summed E-state index contributed by atoms with van der Waals surface area (Å²) in [5.41, 5.74) is -0.427. The van der Waals surface area contributed by atoms with Gasteiger partial charge >= 0.3 is 6.03 Å². The molecule has 1 aromatic heterocycles. The van der Waals surface area contributed by atoms with Gasteiger partial charge < -0.3 is 19.4 Å². The summed E-state index contributed by atoms with van der Waals surface area (Å²) in [6, 6.07) is -0.333. The van der Waals surface area contributed by atoms with Crippen LogP contribution < -0.4 is 10.2 Å². The molecule has 162 valence electrons. The van der Waals surface area contributed by atoms with Crippen LogP contribution in [0.15, 0.2) is 12.4 Å². The molecule has 3 fully saturated rings. The fraction of sp³-hybridized carbons (Fsp3) is 0.650. The Kier molecular flexibility index (Phi) is 5.59. The number of piperidine rings is 1. The second-order valence-corrected chi connectivity index (χ2v) is 8.46. The summed E-state index contributed by atoms with van der Waals surface area (Å²) < 4.78 is 5.33. The lowest BCUT2D eigenvalue weighted by Gasteiger charge is -2.42. The number of nitrogens with zero attached hydrogens (tertiary/aromatic N) is 5. The lowest BCUT2D eigenvalue weighted by molar-refractivity contribution is -0.129. The Labute approximate surface area is 175 Å². The highest BCUT2D eigenvalue weighted by atomic mass is 16.5. The molecule has 0 saturated carbocycles. The van der Waals surface area contributed by atoms with Gasteiger partial charge in [-0.25, -0.2) is 14.8 Å². The molecule has 4 heterocycles. The smallest absolute Gasteiger partial charge is 0.325 e. The molecular formula is C20H28N6O4. The molecule has 1 N–H and O–H groups in total. The zero-order chi connectivity index (χ0) is 21.3. The minimum absolute atomic E-state index is 0.154. The van der Waals surface area contributed by atoms with Crippen molar-refractivity contribution in [1.29, 1.82) is 0 Å². The number of rotatable bonds is 4. The quantitative estimate of drug-likeness (QED) is 0.712. The van der Waals surface area contributed by atoms with E-state index in [9.17, 15) is 14.4 Å². The van der Waals surface area contributed by atoms with Gasteiger partial charge in [0.1, 0.15) is 5.54 Å². The number of likely N-dealkylation sites (tertiary alicyclic amines) is 1. The van der Waals surface area contributed by atoms with Crippen molar-refractivity contribution in [3.63, 3.8) is 0 Å². The van der Waals surface area contributed by atoms with Crippen molar-refractivity contribution in [2.45, 2.75) is 32.2 Å². The van der Waals surface area contributed by atoms with Gasteiger partial charge in [0.15, 0.2) is 0 Å². The van der Waals surface area contributed by atoms with E-state index in [1.807, 2.05) is 18.7 Å². The van der Waals surface area contributed by atoms with Crippen LogP contribution in [0.4, 0.5) is 10.7 Å². The number of urea groups is 1. The van der Waals surface area contributed by atoms with Crippen LogP contribution in [0, 0.1) is 5.92 Å².